The van der Waals surface area contributed by atoms with Crippen LogP contribution in [0.3, 0.4) is 0 Å². The van der Waals surface area contributed by atoms with Gasteiger partial charge in [0.15, 0.2) is 0 Å². The molecule has 0 unspecified atom stereocenters. The van der Waals surface area contributed by atoms with Gasteiger partial charge in [-0.25, -0.2) is 13.6 Å². The summed E-state index contributed by atoms with van der Waals surface area (Å²) in [6, 6.07) is 5.27. The fourth-order valence-corrected chi connectivity index (χ4v) is 3.70. The van der Waals surface area contributed by atoms with Gasteiger partial charge in [0.25, 0.3) is 0 Å². The molecule has 5 nitrogen and oxygen atoms in total. The molecule has 1 aromatic rings. The number of hydrogen-bond acceptors (Lipinski definition) is 4. The van der Waals surface area contributed by atoms with Crippen LogP contribution < -0.4 is 15.8 Å². The number of anilines is 2. The number of benzene rings is 1. The van der Waals surface area contributed by atoms with Gasteiger partial charge in [0.2, 0.25) is 10.0 Å². The van der Waals surface area contributed by atoms with E-state index in [9.17, 15) is 8.42 Å². The van der Waals surface area contributed by atoms with Crippen LogP contribution >= 0.6 is 0 Å². The lowest BCUT2D eigenvalue weighted by Crippen LogP contribution is -2.32. The summed E-state index contributed by atoms with van der Waals surface area (Å²) in [6.07, 6.45) is 7.07. The van der Waals surface area contributed by atoms with Crippen LogP contribution in [0.2, 0.25) is 0 Å². The monoisotopic (exact) mass is 297 g/mol. The molecule has 1 aliphatic carbocycles. The van der Waals surface area contributed by atoms with E-state index in [1.165, 1.54) is 31.7 Å². The standard InChI is InChI=1S/C14H23N3O2S/c1-17(12-6-4-2-3-5-7-12)13-9-8-11(15)10-14(13)20(16,18)19/h8-10,12H,2-7,15H2,1H3,(H2,16,18,19). The molecule has 1 fully saturated rings. The Morgan fingerprint density at radius 3 is 2.30 bits per heavy atom. The highest BCUT2D eigenvalue weighted by atomic mass is 32.2. The van der Waals surface area contributed by atoms with E-state index in [4.69, 9.17) is 10.9 Å². The Kier molecular flexibility index (Phi) is 4.55. The maximum atomic E-state index is 11.8. The van der Waals surface area contributed by atoms with E-state index in [-0.39, 0.29) is 4.90 Å². The Bertz CT molecular complexity index is 564. The molecule has 0 amide bonds. The Labute approximate surface area is 121 Å². The second-order valence-electron chi connectivity index (χ2n) is 5.53. The van der Waals surface area contributed by atoms with Crippen molar-refractivity contribution >= 4 is 21.4 Å². The second-order valence-corrected chi connectivity index (χ2v) is 7.06. The summed E-state index contributed by atoms with van der Waals surface area (Å²) in [5, 5.41) is 5.31. The zero-order chi connectivity index (χ0) is 14.8. The van der Waals surface area contributed by atoms with Gasteiger partial charge in [0.05, 0.1) is 5.69 Å². The first-order valence-electron chi connectivity index (χ1n) is 7.05. The third-order valence-electron chi connectivity index (χ3n) is 4.04. The summed E-state index contributed by atoms with van der Waals surface area (Å²) in [4.78, 5) is 2.16. The molecular weight excluding hydrogens is 274 g/mol. The summed E-state index contributed by atoms with van der Waals surface area (Å²) in [6.45, 7) is 0. The van der Waals surface area contributed by atoms with Crippen LogP contribution in [0.15, 0.2) is 23.1 Å². The third kappa shape index (κ3) is 3.43. The van der Waals surface area contributed by atoms with E-state index in [2.05, 4.69) is 0 Å². The van der Waals surface area contributed by atoms with Crippen molar-refractivity contribution in [3.05, 3.63) is 18.2 Å². The van der Waals surface area contributed by atoms with Crippen molar-refractivity contribution in [2.45, 2.75) is 49.5 Å². The number of primary sulfonamides is 1. The van der Waals surface area contributed by atoms with Crippen molar-refractivity contribution in [3.8, 4) is 0 Å². The van der Waals surface area contributed by atoms with Crippen LogP contribution in [-0.2, 0) is 10.0 Å². The van der Waals surface area contributed by atoms with Gasteiger partial charge in [-0.05, 0) is 31.0 Å². The lowest BCUT2D eigenvalue weighted by atomic mass is 10.1. The van der Waals surface area contributed by atoms with Gasteiger partial charge >= 0.3 is 0 Å². The van der Waals surface area contributed by atoms with Crippen LogP contribution in [0.25, 0.3) is 0 Å². The molecule has 0 atom stereocenters. The molecule has 1 aromatic carbocycles. The highest BCUT2D eigenvalue weighted by Crippen LogP contribution is 2.31. The molecule has 4 N–H and O–H groups in total. The van der Waals surface area contributed by atoms with Crippen LogP contribution in [0.1, 0.15) is 38.5 Å². The SMILES string of the molecule is CN(c1ccc(N)cc1S(N)(=O)=O)C1CCCCCC1. The Hall–Kier alpha value is -1.27. The summed E-state index contributed by atoms with van der Waals surface area (Å²) in [7, 11) is -1.83. The van der Waals surface area contributed by atoms with Crippen molar-refractivity contribution < 1.29 is 8.42 Å². The number of sulfonamides is 1. The van der Waals surface area contributed by atoms with E-state index in [0.29, 0.717) is 17.4 Å². The van der Waals surface area contributed by atoms with Crippen molar-refractivity contribution in [1.82, 2.24) is 0 Å². The first-order chi connectivity index (χ1) is 9.39. The fourth-order valence-electron chi connectivity index (χ4n) is 2.89. The number of nitrogens with two attached hydrogens (primary N) is 2. The molecule has 112 valence electrons. The van der Waals surface area contributed by atoms with Gasteiger partial charge in [-0.15, -0.1) is 0 Å². The highest BCUT2D eigenvalue weighted by Gasteiger charge is 2.23. The average Bonchev–Trinajstić information content (AvgIpc) is 2.65. The van der Waals surface area contributed by atoms with Crippen molar-refractivity contribution in [2.24, 2.45) is 5.14 Å². The molecule has 1 aliphatic rings. The molecule has 1 saturated carbocycles. The minimum atomic E-state index is -3.77. The van der Waals surface area contributed by atoms with Crippen LogP contribution in [0.5, 0.6) is 0 Å². The topological polar surface area (TPSA) is 89.4 Å². The lowest BCUT2D eigenvalue weighted by molar-refractivity contribution is 0.549. The number of nitrogen functional groups attached to an aromatic ring is 1. The largest absolute Gasteiger partial charge is 0.399 e. The fraction of sp³-hybridized carbons (Fsp3) is 0.571. The first kappa shape index (κ1) is 15.1. The molecule has 0 aromatic heterocycles. The smallest absolute Gasteiger partial charge is 0.240 e. The van der Waals surface area contributed by atoms with E-state index < -0.39 is 10.0 Å². The van der Waals surface area contributed by atoms with E-state index in [1.807, 2.05) is 11.9 Å². The third-order valence-corrected chi connectivity index (χ3v) is 4.98. The summed E-state index contributed by atoms with van der Waals surface area (Å²) in [5.74, 6) is 0. The Morgan fingerprint density at radius 1 is 1.15 bits per heavy atom. The minimum absolute atomic E-state index is 0.115. The van der Waals surface area contributed by atoms with Crippen LogP contribution in [-0.4, -0.2) is 21.5 Å². The molecular formula is C14H23N3O2S. The molecule has 0 heterocycles. The van der Waals surface area contributed by atoms with Gasteiger partial charge in [-0.3, -0.25) is 0 Å². The number of hydrogen-bond donors (Lipinski definition) is 2. The van der Waals surface area contributed by atoms with Crippen LogP contribution in [0, 0.1) is 0 Å². The van der Waals surface area contributed by atoms with Gasteiger partial charge in [-0.1, -0.05) is 25.7 Å². The molecule has 20 heavy (non-hydrogen) atoms. The highest BCUT2D eigenvalue weighted by molar-refractivity contribution is 7.89. The Morgan fingerprint density at radius 2 is 1.75 bits per heavy atom. The van der Waals surface area contributed by atoms with E-state index >= 15 is 0 Å². The summed E-state index contributed by atoms with van der Waals surface area (Å²) in [5.41, 5.74) is 6.75. The van der Waals surface area contributed by atoms with Gasteiger partial charge < -0.3 is 10.6 Å². The zero-order valence-electron chi connectivity index (χ0n) is 11.9. The number of nitrogens with zero attached hydrogens (tertiary/aromatic N) is 1. The maximum absolute atomic E-state index is 11.8. The van der Waals surface area contributed by atoms with Crippen molar-refractivity contribution in [3.63, 3.8) is 0 Å². The zero-order valence-corrected chi connectivity index (χ0v) is 12.7. The molecule has 2 rings (SSSR count). The van der Waals surface area contributed by atoms with Gasteiger partial charge in [0.1, 0.15) is 4.90 Å². The molecule has 0 aliphatic heterocycles. The summed E-state index contributed by atoms with van der Waals surface area (Å²) >= 11 is 0. The average molecular weight is 297 g/mol. The van der Waals surface area contributed by atoms with Gasteiger partial charge in [0, 0.05) is 18.8 Å². The maximum Gasteiger partial charge on any atom is 0.240 e. The molecule has 0 spiro atoms. The van der Waals surface area contributed by atoms with E-state index in [0.717, 1.165) is 12.8 Å². The molecule has 6 heteroatoms. The quantitative estimate of drug-likeness (QED) is 0.660. The van der Waals surface area contributed by atoms with Crippen molar-refractivity contribution in [1.29, 1.82) is 0 Å². The Balaban J connectivity index is 2.36. The lowest BCUT2D eigenvalue weighted by Gasteiger charge is -2.30. The predicted octanol–water partition coefficient (Wildman–Crippen LogP) is 2.08. The number of rotatable bonds is 3. The normalized spacial score (nSPS) is 17.7. The predicted molar refractivity (Wildman–Crippen MR) is 82.1 cm³/mol. The second kappa shape index (κ2) is 6.01. The molecule has 0 saturated heterocycles. The first-order valence-corrected chi connectivity index (χ1v) is 8.59. The van der Waals surface area contributed by atoms with Crippen LogP contribution in [0.4, 0.5) is 11.4 Å². The van der Waals surface area contributed by atoms with Crippen molar-refractivity contribution in [2.75, 3.05) is 17.7 Å². The minimum Gasteiger partial charge on any atom is -0.399 e. The van der Waals surface area contributed by atoms with E-state index in [1.54, 1.807) is 12.1 Å². The molecule has 0 radical (unpaired) electrons. The molecule has 0 bridgehead atoms. The van der Waals surface area contributed by atoms with Gasteiger partial charge in [-0.2, -0.15) is 0 Å². The summed E-state index contributed by atoms with van der Waals surface area (Å²) < 4.78 is 23.5.